The van der Waals surface area contributed by atoms with Gasteiger partial charge < -0.3 is 5.32 Å². The highest BCUT2D eigenvalue weighted by molar-refractivity contribution is 7.89. The molecular formula is C21H25ClN2O3S. The number of carbonyl (C=O) groups excluding carboxylic acids is 1. The maximum absolute atomic E-state index is 13.0. The average Bonchev–Trinajstić information content (AvgIpc) is 2.69. The number of nitrogens with zero attached hydrogens (tertiary/aromatic N) is 1. The maximum atomic E-state index is 13.0. The number of amides is 1. The summed E-state index contributed by atoms with van der Waals surface area (Å²) in [6, 6.07) is 12.0. The Morgan fingerprint density at radius 2 is 1.75 bits per heavy atom. The van der Waals surface area contributed by atoms with Crippen molar-refractivity contribution in [1.82, 2.24) is 4.31 Å². The Labute approximate surface area is 171 Å². The van der Waals surface area contributed by atoms with E-state index in [0.29, 0.717) is 13.1 Å². The highest BCUT2D eigenvalue weighted by Gasteiger charge is 2.28. The lowest BCUT2D eigenvalue weighted by Gasteiger charge is -2.26. The van der Waals surface area contributed by atoms with Crippen LogP contribution < -0.4 is 5.32 Å². The number of piperidine rings is 1. The first-order chi connectivity index (χ1) is 13.3. The van der Waals surface area contributed by atoms with E-state index >= 15 is 0 Å². The molecule has 1 N–H and O–H groups in total. The molecule has 5 nitrogen and oxygen atoms in total. The average molecular weight is 421 g/mol. The van der Waals surface area contributed by atoms with Gasteiger partial charge >= 0.3 is 0 Å². The van der Waals surface area contributed by atoms with Crippen LogP contribution in [0.1, 0.15) is 54.9 Å². The van der Waals surface area contributed by atoms with E-state index in [9.17, 15) is 13.2 Å². The van der Waals surface area contributed by atoms with Gasteiger partial charge in [0, 0.05) is 24.3 Å². The molecule has 0 bridgehead atoms. The van der Waals surface area contributed by atoms with Gasteiger partial charge in [-0.25, -0.2) is 8.42 Å². The van der Waals surface area contributed by atoms with Crippen LogP contribution in [0.25, 0.3) is 0 Å². The van der Waals surface area contributed by atoms with Crippen LogP contribution in [0.3, 0.4) is 0 Å². The number of halogens is 1. The van der Waals surface area contributed by atoms with Crippen LogP contribution in [0.5, 0.6) is 0 Å². The summed E-state index contributed by atoms with van der Waals surface area (Å²) < 4.78 is 27.4. The molecule has 0 aliphatic carbocycles. The van der Waals surface area contributed by atoms with Crippen LogP contribution >= 0.6 is 11.6 Å². The van der Waals surface area contributed by atoms with Gasteiger partial charge in [0.2, 0.25) is 10.0 Å². The molecular weight excluding hydrogens is 396 g/mol. The Balaban J connectivity index is 1.90. The van der Waals surface area contributed by atoms with Crippen molar-refractivity contribution in [2.24, 2.45) is 0 Å². The first-order valence-corrected chi connectivity index (χ1v) is 11.3. The Morgan fingerprint density at radius 3 is 2.43 bits per heavy atom. The number of para-hydroxylation sites is 1. The highest BCUT2D eigenvalue weighted by atomic mass is 35.5. The monoisotopic (exact) mass is 420 g/mol. The fourth-order valence-corrected chi connectivity index (χ4v) is 5.41. The van der Waals surface area contributed by atoms with Crippen molar-refractivity contribution >= 4 is 33.2 Å². The van der Waals surface area contributed by atoms with E-state index in [1.54, 1.807) is 6.07 Å². The summed E-state index contributed by atoms with van der Waals surface area (Å²) in [7, 11) is -3.72. The second kappa shape index (κ2) is 8.64. The van der Waals surface area contributed by atoms with E-state index in [-0.39, 0.29) is 27.3 Å². The van der Waals surface area contributed by atoms with Crippen molar-refractivity contribution in [2.45, 2.75) is 43.9 Å². The Hall–Kier alpha value is -1.89. The van der Waals surface area contributed by atoms with E-state index in [2.05, 4.69) is 19.2 Å². The minimum Gasteiger partial charge on any atom is -0.322 e. The van der Waals surface area contributed by atoms with Crippen LogP contribution in [0.2, 0.25) is 5.02 Å². The first kappa shape index (κ1) is 20.8. The molecule has 1 heterocycles. The second-order valence-electron chi connectivity index (χ2n) is 7.31. The Morgan fingerprint density at radius 1 is 1.07 bits per heavy atom. The molecule has 2 aromatic rings. The number of nitrogens with one attached hydrogen (secondary N) is 1. The lowest BCUT2D eigenvalue weighted by atomic mass is 10.0. The van der Waals surface area contributed by atoms with E-state index in [4.69, 9.17) is 11.6 Å². The summed E-state index contributed by atoms with van der Waals surface area (Å²) in [6.45, 7) is 5.07. The van der Waals surface area contributed by atoms with Crippen LogP contribution in [-0.2, 0) is 10.0 Å². The van der Waals surface area contributed by atoms with Gasteiger partial charge in [0.1, 0.15) is 4.90 Å². The lowest BCUT2D eigenvalue weighted by molar-refractivity contribution is 0.102. The predicted octanol–water partition coefficient (Wildman–Crippen LogP) is 4.89. The van der Waals surface area contributed by atoms with Gasteiger partial charge in [0.15, 0.2) is 0 Å². The normalized spacial score (nSPS) is 15.6. The Kier molecular flexibility index (Phi) is 6.43. The summed E-state index contributed by atoms with van der Waals surface area (Å²) in [4.78, 5) is 12.8. The van der Waals surface area contributed by atoms with E-state index in [1.807, 2.05) is 24.3 Å². The van der Waals surface area contributed by atoms with Crippen LogP contribution in [0.15, 0.2) is 47.4 Å². The standard InChI is InChI=1S/C21H25ClN2O3S/c1-15(2)17-8-4-5-9-19(17)23-21(25)16-10-11-18(22)20(14-16)28(26,27)24-12-6-3-7-13-24/h4-5,8-11,14-15H,3,6-7,12-13H2,1-2H3,(H,23,25). The molecule has 150 valence electrons. The number of sulfonamides is 1. The SMILES string of the molecule is CC(C)c1ccccc1NC(=O)c1ccc(Cl)c(S(=O)(=O)N2CCCCC2)c1. The van der Waals surface area contributed by atoms with Crippen LogP contribution in [0, 0.1) is 0 Å². The van der Waals surface area contributed by atoms with Gasteiger partial charge in [-0.3, -0.25) is 4.79 Å². The van der Waals surface area contributed by atoms with E-state index in [0.717, 1.165) is 30.5 Å². The van der Waals surface area contributed by atoms with E-state index < -0.39 is 10.0 Å². The molecule has 0 aromatic heterocycles. The zero-order valence-electron chi connectivity index (χ0n) is 16.1. The lowest BCUT2D eigenvalue weighted by Crippen LogP contribution is -2.35. The summed E-state index contributed by atoms with van der Waals surface area (Å²) in [6.07, 6.45) is 2.70. The zero-order valence-corrected chi connectivity index (χ0v) is 17.7. The van der Waals surface area contributed by atoms with Crippen molar-refractivity contribution in [3.8, 4) is 0 Å². The topological polar surface area (TPSA) is 66.5 Å². The van der Waals surface area contributed by atoms with E-state index in [1.165, 1.54) is 16.4 Å². The van der Waals surface area contributed by atoms with Gasteiger partial charge in [-0.15, -0.1) is 0 Å². The number of carbonyl (C=O) groups is 1. The summed E-state index contributed by atoms with van der Waals surface area (Å²) in [5, 5.41) is 3.02. The number of hydrogen-bond donors (Lipinski definition) is 1. The minimum atomic E-state index is -3.72. The molecule has 28 heavy (non-hydrogen) atoms. The number of rotatable bonds is 5. The number of hydrogen-bond acceptors (Lipinski definition) is 3. The summed E-state index contributed by atoms with van der Waals surface area (Å²) in [5.74, 6) is -0.114. The quantitative estimate of drug-likeness (QED) is 0.748. The van der Waals surface area contributed by atoms with Crippen molar-refractivity contribution < 1.29 is 13.2 Å². The maximum Gasteiger partial charge on any atom is 0.255 e. The fourth-order valence-electron chi connectivity index (χ4n) is 3.40. The highest BCUT2D eigenvalue weighted by Crippen LogP contribution is 2.29. The second-order valence-corrected chi connectivity index (χ2v) is 9.62. The molecule has 0 unspecified atom stereocenters. The fraction of sp³-hybridized carbons (Fsp3) is 0.381. The van der Waals surface area contributed by atoms with Crippen molar-refractivity contribution in [3.05, 3.63) is 58.6 Å². The van der Waals surface area contributed by atoms with Crippen molar-refractivity contribution in [1.29, 1.82) is 0 Å². The number of anilines is 1. The molecule has 1 amide bonds. The number of benzene rings is 2. The first-order valence-electron chi connectivity index (χ1n) is 9.50. The molecule has 0 spiro atoms. The molecule has 0 atom stereocenters. The molecule has 7 heteroatoms. The summed E-state index contributed by atoms with van der Waals surface area (Å²) >= 11 is 6.19. The summed E-state index contributed by atoms with van der Waals surface area (Å²) in [5.41, 5.74) is 2.00. The van der Waals surface area contributed by atoms with Gasteiger partial charge in [-0.1, -0.05) is 50.1 Å². The Bertz CT molecular complexity index is 967. The van der Waals surface area contributed by atoms with Crippen LogP contribution in [0.4, 0.5) is 5.69 Å². The molecule has 1 aliphatic rings. The van der Waals surface area contributed by atoms with Crippen molar-refractivity contribution in [3.63, 3.8) is 0 Å². The van der Waals surface area contributed by atoms with Gasteiger partial charge in [-0.05, 0) is 48.6 Å². The largest absolute Gasteiger partial charge is 0.322 e. The van der Waals surface area contributed by atoms with Gasteiger partial charge in [-0.2, -0.15) is 4.31 Å². The van der Waals surface area contributed by atoms with Crippen molar-refractivity contribution in [2.75, 3.05) is 18.4 Å². The smallest absolute Gasteiger partial charge is 0.255 e. The molecule has 1 fully saturated rings. The molecule has 1 aliphatic heterocycles. The molecule has 2 aromatic carbocycles. The third kappa shape index (κ3) is 4.40. The molecule has 3 rings (SSSR count). The third-order valence-corrected chi connectivity index (χ3v) is 7.34. The van der Waals surface area contributed by atoms with Gasteiger partial charge in [0.05, 0.1) is 5.02 Å². The van der Waals surface area contributed by atoms with Crippen LogP contribution in [-0.4, -0.2) is 31.7 Å². The minimum absolute atomic E-state index is 0.0131. The molecule has 1 saturated heterocycles. The van der Waals surface area contributed by atoms with Gasteiger partial charge in [0.25, 0.3) is 5.91 Å². The zero-order chi connectivity index (χ0) is 20.3. The molecule has 0 saturated carbocycles. The third-order valence-electron chi connectivity index (χ3n) is 4.96. The molecule has 0 radical (unpaired) electrons. The predicted molar refractivity (Wildman–Crippen MR) is 113 cm³/mol.